The molecule has 2 N–H and O–H groups in total. The zero-order valence-corrected chi connectivity index (χ0v) is 11.0. The second-order valence-corrected chi connectivity index (χ2v) is 5.09. The van der Waals surface area contributed by atoms with Gasteiger partial charge < -0.3 is 5.73 Å². The van der Waals surface area contributed by atoms with Gasteiger partial charge in [0, 0.05) is 24.8 Å². The van der Waals surface area contributed by atoms with Gasteiger partial charge in [-0.2, -0.15) is 5.10 Å². The van der Waals surface area contributed by atoms with Gasteiger partial charge in [0.25, 0.3) is 0 Å². The van der Waals surface area contributed by atoms with E-state index < -0.39 is 0 Å². The minimum absolute atomic E-state index is 0.244. The third-order valence-corrected chi connectivity index (χ3v) is 3.61. The van der Waals surface area contributed by atoms with E-state index >= 15 is 0 Å². The van der Waals surface area contributed by atoms with Crippen molar-refractivity contribution in [2.75, 3.05) is 13.1 Å². The van der Waals surface area contributed by atoms with Gasteiger partial charge in [-0.05, 0) is 32.4 Å². The topological polar surface area (TPSA) is 47.1 Å². The molecule has 1 aromatic heterocycles. The van der Waals surface area contributed by atoms with Crippen molar-refractivity contribution >= 4 is 0 Å². The Labute approximate surface area is 104 Å². The fraction of sp³-hybridized carbons (Fsp3) is 0.769. The molecule has 0 amide bonds. The van der Waals surface area contributed by atoms with E-state index in [2.05, 4.69) is 23.1 Å². The fourth-order valence-corrected chi connectivity index (χ4v) is 2.85. The zero-order valence-electron chi connectivity index (χ0n) is 11.0. The normalized spacial score (nSPS) is 27.0. The molecule has 2 heterocycles. The van der Waals surface area contributed by atoms with Crippen LogP contribution in [0.1, 0.15) is 44.2 Å². The summed E-state index contributed by atoms with van der Waals surface area (Å²) in [6.45, 7) is 4.53. The summed E-state index contributed by atoms with van der Waals surface area (Å²) in [7, 11) is 1.97. The maximum Gasteiger partial charge on any atom is 0.0538 e. The number of nitrogens with two attached hydrogens (primary N) is 1. The molecule has 1 fully saturated rings. The molecule has 1 saturated heterocycles. The summed E-state index contributed by atoms with van der Waals surface area (Å²) in [5, 5.41) is 4.29. The van der Waals surface area contributed by atoms with E-state index in [-0.39, 0.29) is 6.04 Å². The van der Waals surface area contributed by atoms with Crippen molar-refractivity contribution in [3.05, 3.63) is 18.0 Å². The van der Waals surface area contributed by atoms with Crippen LogP contribution in [0.5, 0.6) is 0 Å². The monoisotopic (exact) mass is 236 g/mol. The summed E-state index contributed by atoms with van der Waals surface area (Å²) in [6.07, 6.45) is 8.91. The molecular weight excluding hydrogens is 212 g/mol. The molecule has 0 aliphatic carbocycles. The maximum atomic E-state index is 6.36. The molecule has 4 nitrogen and oxygen atoms in total. The Kier molecular flexibility index (Phi) is 4.18. The fourth-order valence-electron chi connectivity index (χ4n) is 2.85. The van der Waals surface area contributed by atoms with E-state index in [1.807, 2.05) is 17.9 Å². The number of aryl methyl sites for hydroxylation is 1. The standard InChI is InChI=1S/C13H24N4/c1-3-7-17-8-5-4-6-12(14)13(17)11-9-15-16(2)10-11/h9-10,12-13H,3-8,14H2,1-2H3. The number of hydrogen-bond donors (Lipinski definition) is 1. The lowest BCUT2D eigenvalue weighted by Crippen LogP contribution is -2.40. The highest BCUT2D eigenvalue weighted by atomic mass is 15.3. The molecule has 0 bridgehead atoms. The molecule has 0 spiro atoms. The zero-order chi connectivity index (χ0) is 12.3. The van der Waals surface area contributed by atoms with Gasteiger partial charge in [-0.3, -0.25) is 9.58 Å². The van der Waals surface area contributed by atoms with Crippen LogP contribution < -0.4 is 5.73 Å². The molecule has 4 heteroatoms. The van der Waals surface area contributed by atoms with E-state index in [0.717, 1.165) is 13.0 Å². The quantitative estimate of drug-likeness (QED) is 0.868. The van der Waals surface area contributed by atoms with Gasteiger partial charge in [0.2, 0.25) is 0 Å². The first-order chi connectivity index (χ1) is 8.22. The lowest BCUT2D eigenvalue weighted by Gasteiger charge is -2.32. The van der Waals surface area contributed by atoms with Crippen LogP contribution in [-0.2, 0) is 7.05 Å². The first kappa shape index (κ1) is 12.6. The molecule has 0 radical (unpaired) electrons. The minimum atomic E-state index is 0.244. The van der Waals surface area contributed by atoms with Crippen LogP contribution >= 0.6 is 0 Å². The Bertz CT molecular complexity index is 347. The Morgan fingerprint density at radius 2 is 2.29 bits per heavy atom. The van der Waals surface area contributed by atoms with Gasteiger partial charge in [-0.25, -0.2) is 0 Å². The van der Waals surface area contributed by atoms with Gasteiger partial charge in [0.1, 0.15) is 0 Å². The molecule has 17 heavy (non-hydrogen) atoms. The van der Waals surface area contributed by atoms with Crippen LogP contribution in [0, 0.1) is 0 Å². The highest BCUT2D eigenvalue weighted by Crippen LogP contribution is 2.29. The van der Waals surface area contributed by atoms with E-state index in [0.29, 0.717) is 6.04 Å². The number of rotatable bonds is 3. The van der Waals surface area contributed by atoms with Gasteiger partial charge in [0.15, 0.2) is 0 Å². The summed E-state index contributed by atoms with van der Waals surface area (Å²) in [6, 6.07) is 0.597. The van der Waals surface area contributed by atoms with Crippen LogP contribution in [0.25, 0.3) is 0 Å². The molecule has 1 aliphatic rings. The van der Waals surface area contributed by atoms with Crippen LogP contribution in [0.4, 0.5) is 0 Å². The van der Waals surface area contributed by atoms with E-state index in [9.17, 15) is 0 Å². The van der Waals surface area contributed by atoms with Crippen LogP contribution in [0.2, 0.25) is 0 Å². The lowest BCUT2D eigenvalue weighted by molar-refractivity contribution is 0.186. The SMILES string of the molecule is CCCN1CCCCC(N)C1c1cnn(C)c1. The Balaban J connectivity index is 2.22. The first-order valence-corrected chi connectivity index (χ1v) is 6.70. The summed E-state index contributed by atoms with van der Waals surface area (Å²) >= 11 is 0. The van der Waals surface area contributed by atoms with E-state index in [1.165, 1.54) is 31.4 Å². The summed E-state index contributed by atoms with van der Waals surface area (Å²) < 4.78 is 1.87. The second kappa shape index (κ2) is 5.65. The van der Waals surface area contributed by atoms with Crippen LogP contribution in [0.15, 0.2) is 12.4 Å². The van der Waals surface area contributed by atoms with Gasteiger partial charge >= 0.3 is 0 Å². The van der Waals surface area contributed by atoms with Crippen molar-refractivity contribution in [2.45, 2.75) is 44.7 Å². The molecule has 96 valence electrons. The van der Waals surface area contributed by atoms with Gasteiger partial charge in [0.05, 0.1) is 12.2 Å². The number of aromatic nitrogens is 2. The summed E-state index contributed by atoms with van der Waals surface area (Å²) in [4.78, 5) is 2.54. The highest BCUT2D eigenvalue weighted by Gasteiger charge is 2.28. The maximum absolute atomic E-state index is 6.36. The predicted molar refractivity (Wildman–Crippen MR) is 69.6 cm³/mol. The largest absolute Gasteiger partial charge is 0.326 e. The van der Waals surface area contributed by atoms with Crippen LogP contribution in [-0.4, -0.2) is 33.8 Å². The molecule has 0 aromatic carbocycles. The lowest BCUT2D eigenvalue weighted by atomic mass is 9.99. The van der Waals surface area contributed by atoms with Crippen molar-refractivity contribution in [3.8, 4) is 0 Å². The molecule has 2 unspecified atom stereocenters. The van der Waals surface area contributed by atoms with Gasteiger partial charge in [-0.15, -0.1) is 0 Å². The van der Waals surface area contributed by atoms with E-state index in [4.69, 9.17) is 5.73 Å². The van der Waals surface area contributed by atoms with E-state index in [1.54, 1.807) is 0 Å². The van der Waals surface area contributed by atoms with Crippen molar-refractivity contribution in [1.29, 1.82) is 0 Å². The second-order valence-electron chi connectivity index (χ2n) is 5.09. The van der Waals surface area contributed by atoms with Crippen molar-refractivity contribution in [2.24, 2.45) is 12.8 Å². The molecule has 2 atom stereocenters. The third kappa shape index (κ3) is 2.87. The highest BCUT2D eigenvalue weighted by molar-refractivity contribution is 5.14. The Hall–Kier alpha value is -0.870. The average molecular weight is 236 g/mol. The summed E-state index contributed by atoms with van der Waals surface area (Å²) in [5.74, 6) is 0. The minimum Gasteiger partial charge on any atom is -0.326 e. The average Bonchev–Trinajstić information content (AvgIpc) is 2.62. The van der Waals surface area contributed by atoms with Crippen LogP contribution in [0.3, 0.4) is 0 Å². The Morgan fingerprint density at radius 1 is 1.47 bits per heavy atom. The smallest absolute Gasteiger partial charge is 0.0538 e. The molecule has 1 aromatic rings. The molecule has 0 saturated carbocycles. The van der Waals surface area contributed by atoms with Gasteiger partial charge in [-0.1, -0.05) is 13.3 Å². The predicted octanol–water partition coefficient (Wildman–Crippen LogP) is 1.68. The first-order valence-electron chi connectivity index (χ1n) is 6.70. The van der Waals surface area contributed by atoms with Crippen molar-refractivity contribution in [3.63, 3.8) is 0 Å². The summed E-state index contributed by atoms with van der Waals surface area (Å²) in [5.41, 5.74) is 7.64. The van der Waals surface area contributed by atoms with Crippen molar-refractivity contribution < 1.29 is 0 Å². The Morgan fingerprint density at radius 3 is 2.94 bits per heavy atom. The molecular formula is C13H24N4. The third-order valence-electron chi connectivity index (χ3n) is 3.61. The number of nitrogens with zero attached hydrogens (tertiary/aromatic N) is 3. The molecule has 2 rings (SSSR count). The molecule has 1 aliphatic heterocycles. The number of hydrogen-bond acceptors (Lipinski definition) is 3. The van der Waals surface area contributed by atoms with Crippen molar-refractivity contribution in [1.82, 2.24) is 14.7 Å². The number of likely N-dealkylation sites (tertiary alicyclic amines) is 1.